The van der Waals surface area contributed by atoms with E-state index in [2.05, 4.69) is 31.7 Å². The molecule has 0 aliphatic carbocycles. The van der Waals surface area contributed by atoms with Gasteiger partial charge in [-0.05, 0) is 60.0 Å². The van der Waals surface area contributed by atoms with E-state index in [9.17, 15) is 9.65 Å². The van der Waals surface area contributed by atoms with Crippen molar-refractivity contribution in [3.05, 3.63) is 45.4 Å². The minimum absolute atomic E-state index is 0.0750. The highest BCUT2D eigenvalue weighted by Crippen LogP contribution is 2.49. The zero-order valence-electron chi connectivity index (χ0n) is 16.2. The van der Waals surface area contributed by atoms with Crippen molar-refractivity contribution in [2.75, 3.05) is 13.1 Å². The Morgan fingerprint density at radius 2 is 1.96 bits per heavy atom. The lowest BCUT2D eigenvalue weighted by molar-refractivity contribution is 0.00709. The predicted molar refractivity (Wildman–Crippen MR) is 111 cm³/mol. The first kappa shape index (κ1) is 20.3. The number of hydrogen-bond donors (Lipinski definition) is 0. The normalized spacial score (nSPS) is 17.6. The molecule has 0 bridgehead atoms. The highest BCUT2D eigenvalue weighted by molar-refractivity contribution is 7.14. The summed E-state index contributed by atoms with van der Waals surface area (Å²) in [6.45, 7) is 9.36. The summed E-state index contributed by atoms with van der Waals surface area (Å²) in [5.41, 5.74) is 2.61. The molecule has 2 aromatic rings. The smallest absolute Gasteiger partial charge is 0.131 e. The van der Waals surface area contributed by atoms with E-state index in [0.29, 0.717) is 16.3 Å². The first-order valence-electron chi connectivity index (χ1n) is 9.36. The lowest BCUT2D eigenvalue weighted by atomic mass is 9.60. The lowest BCUT2D eigenvalue weighted by Crippen LogP contribution is -2.46. The van der Waals surface area contributed by atoms with Gasteiger partial charge in [-0.15, -0.1) is 11.3 Å². The summed E-state index contributed by atoms with van der Waals surface area (Å²) in [6, 6.07) is 9.70. The maximum Gasteiger partial charge on any atom is 0.131 e. The van der Waals surface area contributed by atoms with E-state index in [1.54, 1.807) is 12.1 Å². The molecule has 1 aromatic heterocycles. The van der Waals surface area contributed by atoms with Gasteiger partial charge in [-0.2, -0.15) is 5.26 Å². The molecule has 0 N–H and O–H groups in total. The highest BCUT2D eigenvalue weighted by atomic mass is 35.5. The zero-order valence-corrected chi connectivity index (χ0v) is 17.8. The second-order valence-corrected chi connectivity index (χ2v) is 10.1. The number of likely N-dealkylation sites (tertiary alicyclic amines) is 1. The molecular weight excluding hydrogens is 379 g/mol. The Morgan fingerprint density at radius 1 is 1.26 bits per heavy atom. The molecule has 27 heavy (non-hydrogen) atoms. The third kappa shape index (κ3) is 4.37. The summed E-state index contributed by atoms with van der Waals surface area (Å²) in [7, 11) is 0. The fourth-order valence-corrected chi connectivity index (χ4v) is 4.96. The maximum absolute atomic E-state index is 14.6. The van der Waals surface area contributed by atoms with Crippen molar-refractivity contribution in [2.45, 2.75) is 46.6 Å². The largest absolute Gasteiger partial charge is 0.299 e. The SMILES string of the molecule is CC(C)(C)C1(CC#N)CCN(Cc2ccc(-c3csc(Cl)c3)c(F)c2)CC1. The molecule has 1 saturated heterocycles. The van der Waals surface area contributed by atoms with Crippen molar-refractivity contribution in [1.82, 2.24) is 4.90 Å². The molecule has 0 radical (unpaired) electrons. The number of nitriles is 1. The molecule has 1 aliphatic rings. The Balaban J connectivity index is 1.67. The Morgan fingerprint density at radius 3 is 2.48 bits per heavy atom. The average molecular weight is 405 g/mol. The second kappa shape index (κ2) is 7.91. The van der Waals surface area contributed by atoms with E-state index in [-0.39, 0.29) is 16.6 Å². The van der Waals surface area contributed by atoms with Crippen LogP contribution in [0.5, 0.6) is 0 Å². The number of benzene rings is 1. The molecule has 1 aliphatic heterocycles. The fourth-order valence-electron chi connectivity index (χ4n) is 4.08. The first-order valence-corrected chi connectivity index (χ1v) is 10.6. The summed E-state index contributed by atoms with van der Waals surface area (Å²) < 4.78 is 15.3. The van der Waals surface area contributed by atoms with Gasteiger partial charge in [-0.3, -0.25) is 4.90 Å². The van der Waals surface area contributed by atoms with Crippen molar-refractivity contribution in [1.29, 1.82) is 5.26 Å². The van der Waals surface area contributed by atoms with Crippen LogP contribution in [0, 0.1) is 28.0 Å². The Bertz CT molecular complexity index is 839. The molecule has 3 rings (SSSR count). The molecule has 2 nitrogen and oxygen atoms in total. The molecule has 0 amide bonds. The van der Waals surface area contributed by atoms with E-state index in [1.165, 1.54) is 11.3 Å². The van der Waals surface area contributed by atoms with Crippen LogP contribution in [0.25, 0.3) is 11.1 Å². The quantitative estimate of drug-likeness (QED) is 0.563. The number of thiophene rings is 1. The van der Waals surface area contributed by atoms with Crippen LogP contribution in [0.1, 0.15) is 45.6 Å². The number of hydrogen-bond acceptors (Lipinski definition) is 3. The molecule has 5 heteroatoms. The summed E-state index contributed by atoms with van der Waals surface area (Å²) in [6.07, 6.45) is 2.63. The van der Waals surface area contributed by atoms with E-state index in [0.717, 1.165) is 43.6 Å². The monoisotopic (exact) mass is 404 g/mol. The Kier molecular flexibility index (Phi) is 5.96. The molecule has 144 valence electrons. The fraction of sp³-hybridized carbons (Fsp3) is 0.500. The number of rotatable bonds is 4. The number of nitrogens with zero attached hydrogens (tertiary/aromatic N) is 2. The molecule has 2 heterocycles. The van der Waals surface area contributed by atoms with Gasteiger partial charge in [0, 0.05) is 23.9 Å². The molecule has 1 fully saturated rings. The van der Waals surface area contributed by atoms with Gasteiger partial charge in [0.15, 0.2) is 0 Å². The van der Waals surface area contributed by atoms with Crippen LogP contribution in [0.4, 0.5) is 4.39 Å². The van der Waals surface area contributed by atoms with Crippen LogP contribution in [-0.4, -0.2) is 18.0 Å². The van der Waals surface area contributed by atoms with Crippen LogP contribution in [-0.2, 0) is 6.54 Å². The lowest BCUT2D eigenvalue weighted by Gasteiger charge is -2.49. The van der Waals surface area contributed by atoms with Gasteiger partial charge in [0.25, 0.3) is 0 Å². The van der Waals surface area contributed by atoms with Gasteiger partial charge >= 0.3 is 0 Å². The summed E-state index contributed by atoms with van der Waals surface area (Å²) in [4.78, 5) is 2.37. The summed E-state index contributed by atoms with van der Waals surface area (Å²) in [5, 5.41) is 11.2. The molecule has 0 spiro atoms. The standard InChI is InChI=1S/C22H26ClFN2S/c1-21(2,3)22(6-9-25)7-10-26(11-8-22)14-16-4-5-18(19(24)12-16)17-13-20(23)27-15-17/h4-5,12-13,15H,6-8,10-11,14H2,1-3H3. The van der Waals surface area contributed by atoms with Crippen LogP contribution in [0.15, 0.2) is 29.6 Å². The molecule has 0 unspecified atom stereocenters. The Labute approximate surface area is 170 Å². The highest BCUT2D eigenvalue weighted by Gasteiger charge is 2.43. The van der Waals surface area contributed by atoms with Crippen molar-refractivity contribution < 1.29 is 4.39 Å². The van der Waals surface area contributed by atoms with Crippen molar-refractivity contribution >= 4 is 22.9 Å². The van der Waals surface area contributed by atoms with Crippen LogP contribution in [0.2, 0.25) is 4.34 Å². The minimum Gasteiger partial charge on any atom is -0.299 e. The van der Waals surface area contributed by atoms with Crippen LogP contribution >= 0.6 is 22.9 Å². The van der Waals surface area contributed by atoms with E-state index in [4.69, 9.17) is 11.6 Å². The van der Waals surface area contributed by atoms with Crippen molar-refractivity contribution in [3.63, 3.8) is 0 Å². The first-order chi connectivity index (χ1) is 12.7. The van der Waals surface area contributed by atoms with Gasteiger partial charge in [-0.25, -0.2) is 4.39 Å². The van der Waals surface area contributed by atoms with E-state index in [1.807, 2.05) is 17.5 Å². The van der Waals surface area contributed by atoms with Crippen molar-refractivity contribution in [2.24, 2.45) is 10.8 Å². The Hall–Kier alpha value is -1.41. The van der Waals surface area contributed by atoms with E-state index >= 15 is 0 Å². The van der Waals surface area contributed by atoms with Gasteiger partial charge in [-0.1, -0.05) is 44.5 Å². The number of halogens is 2. The topological polar surface area (TPSA) is 27.0 Å². The second-order valence-electron chi connectivity index (χ2n) is 8.60. The van der Waals surface area contributed by atoms with Gasteiger partial charge in [0.05, 0.1) is 10.4 Å². The van der Waals surface area contributed by atoms with Crippen molar-refractivity contribution in [3.8, 4) is 17.2 Å². The third-order valence-electron chi connectivity index (χ3n) is 6.14. The number of piperidine rings is 1. The summed E-state index contributed by atoms with van der Waals surface area (Å²) in [5.74, 6) is -0.201. The maximum atomic E-state index is 14.6. The summed E-state index contributed by atoms with van der Waals surface area (Å²) >= 11 is 7.38. The van der Waals surface area contributed by atoms with Gasteiger partial charge < -0.3 is 0 Å². The predicted octanol–water partition coefficient (Wildman–Crippen LogP) is 6.75. The van der Waals surface area contributed by atoms with Gasteiger partial charge in [0.1, 0.15) is 5.82 Å². The van der Waals surface area contributed by atoms with Crippen LogP contribution < -0.4 is 0 Å². The molecule has 0 atom stereocenters. The van der Waals surface area contributed by atoms with E-state index < -0.39 is 0 Å². The zero-order chi connectivity index (χ0) is 19.7. The third-order valence-corrected chi connectivity index (χ3v) is 7.23. The van der Waals surface area contributed by atoms with Gasteiger partial charge in [0.2, 0.25) is 0 Å². The minimum atomic E-state index is -0.201. The molecule has 1 aromatic carbocycles. The van der Waals surface area contributed by atoms with Crippen LogP contribution in [0.3, 0.4) is 0 Å². The average Bonchev–Trinajstić information content (AvgIpc) is 3.02. The molecular formula is C22H26ClFN2S. The molecule has 0 saturated carbocycles.